The van der Waals surface area contributed by atoms with Crippen LogP contribution in [0.25, 0.3) is 22.2 Å². The summed E-state index contributed by atoms with van der Waals surface area (Å²) in [6.07, 6.45) is 1.88. The highest BCUT2D eigenvalue weighted by Crippen LogP contribution is 2.31. The van der Waals surface area contributed by atoms with Crippen LogP contribution in [0.1, 0.15) is 10.4 Å². The van der Waals surface area contributed by atoms with Gasteiger partial charge in [-0.05, 0) is 24.3 Å². The van der Waals surface area contributed by atoms with Crippen molar-refractivity contribution in [3.63, 3.8) is 0 Å². The molecule has 0 bridgehead atoms. The molecule has 0 aliphatic heterocycles. The lowest BCUT2D eigenvalue weighted by Crippen LogP contribution is -2.23. The molecular weight excluding hydrogens is 444 g/mol. The number of anilines is 1. The highest BCUT2D eigenvalue weighted by Gasteiger charge is 2.23. The summed E-state index contributed by atoms with van der Waals surface area (Å²) in [5, 5.41) is 6.08. The average Bonchev–Trinajstić information content (AvgIpc) is 3.34. The molecule has 0 atom stereocenters. The van der Waals surface area contributed by atoms with Gasteiger partial charge in [-0.2, -0.15) is 0 Å². The van der Waals surface area contributed by atoms with Crippen molar-refractivity contribution in [2.45, 2.75) is 4.90 Å². The number of aromatic nitrogens is 2. The summed E-state index contributed by atoms with van der Waals surface area (Å²) in [5.74, 6) is -0.471. The number of sulfonamides is 1. The molecule has 0 radical (unpaired) electrons. The number of benzene rings is 2. The van der Waals surface area contributed by atoms with Gasteiger partial charge >= 0.3 is 0 Å². The maximum atomic E-state index is 12.7. The quantitative estimate of drug-likeness (QED) is 0.460. The minimum absolute atomic E-state index is 0.0520. The van der Waals surface area contributed by atoms with E-state index in [1.807, 2.05) is 35.8 Å². The fraction of sp³-hybridized carbons (Fsp3) is 0.100. The number of aromatic amines is 1. The van der Waals surface area contributed by atoms with Crippen LogP contribution in [-0.2, 0) is 10.0 Å². The topological polar surface area (TPSA) is 95.2 Å². The van der Waals surface area contributed by atoms with Gasteiger partial charge in [-0.3, -0.25) is 10.1 Å². The summed E-state index contributed by atoms with van der Waals surface area (Å²) in [6, 6.07) is 12.0. The second kappa shape index (κ2) is 7.84. The number of carbonyl (C=O) groups is 1. The highest BCUT2D eigenvalue weighted by atomic mass is 35.5. The Balaban J connectivity index is 1.60. The number of amides is 1. The van der Waals surface area contributed by atoms with E-state index >= 15 is 0 Å². The number of fused-ring (bicyclic) bond motifs is 1. The van der Waals surface area contributed by atoms with Gasteiger partial charge in [0.2, 0.25) is 10.0 Å². The minimum Gasteiger partial charge on any atom is -0.360 e. The molecule has 10 heteroatoms. The molecule has 0 saturated heterocycles. The lowest BCUT2D eigenvalue weighted by molar-refractivity contribution is 0.102. The summed E-state index contributed by atoms with van der Waals surface area (Å²) in [7, 11) is -0.972. The van der Waals surface area contributed by atoms with Gasteiger partial charge in [0.15, 0.2) is 5.13 Å². The van der Waals surface area contributed by atoms with E-state index in [2.05, 4.69) is 15.3 Å². The standard InChI is InChI=1S/C20H17ClN4O3S2/c1-25(2)30(27,28)18-9-12(7-8-15(18)21)19(26)24-20-23-17(11-29-20)14-10-22-16-6-4-3-5-13(14)16/h3-11,22H,1-2H3,(H,23,24,26). The van der Waals surface area contributed by atoms with Gasteiger partial charge in [0.1, 0.15) is 4.90 Å². The molecule has 7 nitrogen and oxygen atoms in total. The van der Waals surface area contributed by atoms with Crippen LogP contribution < -0.4 is 5.32 Å². The van der Waals surface area contributed by atoms with Gasteiger partial charge in [0.05, 0.1) is 10.7 Å². The molecule has 0 fully saturated rings. The highest BCUT2D eigenvalue weighted by molar-refractivity contribution is 7.89. The number of hydrogen-bond acceptors (Lipinski definition) is 5. The molecule has 4 rings (SSSR count). The fourth-order valence-electron chi connectivity index (χ4n) is 2.95. The number of H-pyrrole nitrogens is 1. The summed E-state index contributed by atoms with van der Waals surface area (Å²) >= 11 is 7.33. The number of halogens is 1. The molecular formula is C20H17ClN4O3S2. The summed E-state index contributed by atoms with van der Waals surface area (Å²) in [5.41, 5.74) is 2.85. The first-order valence-electron chi connectivity index (χ1n) is 8.83. The van der Waals surface area contributed by atoms with E-state index in [0.29, 0.717) is 5.13 Å². The van der Waals surface area contributed by atoms with E-state index in [9.17, 15) is 13.2 Å². The SMILES string of the molecule is CN(C)S(=O)(=O)c1cc(C(=O)Nc2nc(-c3c[nH]c4ccccc34)cs2)ccc1Cl. The Morgan fingerprint density at radius 3 is 2.73 bits per heavy atom. The molecule has 0 spiro atoms. The van der Waals surface area contributed by atoms with Crippen LogP contribution in [0.5, 0.6) is 0 Å². The Bertz CT molecular complexity index is 1360. The number of carbonyl (C=O) groups excluding carboxylic acids is 1. The molecule has 2 heterocycles. The second-order valence-electron chi connectivity index (χ2n) is 6.67. The Morgan fingerprint density at radius 2 is 1.97 bits per heavy atom. The number of nitrogens with one attached hydrogen (secondary N) is 2. The van der Waals surface area contributed by atoms with Crippen molar-refractivity contribution in [1.82, 2.24) is 14.3 Å². The molecule has 2 aromatic carbocycles. The molecule has 0 aliphatic rings. The van der Waals surface area contributed by atoms with E-state index in [-0.39, 0.29) is 15.5 Å². The van der Waals surface area contributed by atoms with Crippen molar-refractivity contribution >= 4 is 54.9 Å². The number of rotatable bonds is 5. The van der Waals surface area contributed by atoms with Crippen LogP contribution in [0, 0.1) is 0 Å². The number of nitrogens with zero attached hydrogens (tertiary/aromatic N) is 2. The third kappa shape index (κ3) is 3.72. The van der Waals surface area contributed by atoms with E-state index in [4.69, 9.17) is 11.6 Å². The van der Waals surface area contributed by atoms with Crippen LogP contribution in [0.2, 0.25) is 5.02 Å². The first-order valence-corrected chi connectivity index (χ1v) is 11.5. The Kier molecular flexibility index (Phi) is 5.37. The van der Waals surface area contributed by atoms with Gasteiger partial charge in [-0.25, -0.2) is 17.7 Å². The monoisotopic (exact) mass is 460 g/mol. The molecule has 2 N–H and O–H groups in total. The van der Waals surface area contributed by atoms with E-state index in [1.54, 1.807) is 0 Å². The predicted octanol–water partition coefficient (Wildman–Crippen LogP) is 4.45. The van der Waals surface area contributed by atoms with Crippen molar-refractivity contribution in [3.05, 3.63) is 64.6 Å². The third-order valence-corrected chi connectivity index (χ3v) is 7.60. The van der Waals surface area contributed by atoms with Crippen LogP contribution in [0.4, 0.5) is 5.13 Å². The predicted molar refractivity (Wildman–Crippen MR) is 120 cm³/mol. The van der Waals surface area contributed by atoms with Crippen molar-refractivity contribution in [3.8, 4) is 11.3 Å². The number of thiazole rings is 1. The fourth-order valence-corrected chi connectivity index (χ4v) is 5.05. The molecule has 4 aromatic rings. The lowest BCUT2D eigenvalue weighted by atomic mass is 10.1. The minimum atomic E-state index is -3.78. The van der Waals surface area contributed by atoms with Gasteiger partial charge < -0.3 is 4.98 Å². The molecule has 1 amide bonds. The molecule has 2 aromatic heterocycles. The summed E-state index contributed by atoms with van der Waals surface area (Å²) in [6.45, 7) is 0. The zero-order chi connectivity index (χ0) is 21.5. The third-order valence-electron chi connectivity index (χ3n) is 4.54. The first kappa shape index (κ1) is 20.5. The number of hydrogen-bond donors (Lipinski definition) is 2. The van der Waals surface area contributed by atoms with Crippen LogP contribution in [0.15, 0.2) is 58.9 Å². The normalized spacial score (nSPS) is 11.9. The van der Waals surface area contributed by atoms with Crippen LogP contribution >= 0.6 is 22.9 Å². The van der Waals surface area contributed by atoms with Crippen LogP contribution in [0.3, 0.4) is 0 Å². The zero-order valence-electron chi connectivity index (χ0n) is 16.0. The average molecular weight is 461 g/mol. The molecule has 0 saturated carbocycles. The van der Waals surface area contributed by atoms with Gasteiger partial charge in [0.25, 0.3) is 5.91 Å². The summed E-state index contributed by atoms with van der Waals surface area (Å²) < 4.78 is 25.9. The maximum Gasteiger partial charge on any atom is 0.257 e. The van der Waals surface area contributed by atoms with Crippen LogP contribution in [-0.4, -0.2) is 42.7 Å². The smallest absolute Gasteiger partial charge is 0.257 e. The second-order valence-corrected chi connectivity index (χ2v) is 10.1. The van der Waals surface area contributed by atoms with Gasteiger partial charge in [0, 0.05) is 47.7 Å². The molecule has 0 unspecified atom stereocenters. The maximum absolute atomic E-state index is 12.7. The number of para-hydroxylation sites is 1. The van der Waals surface area contributed by atoms with Crippen molar-refractivity contribution in [1.29, 1.82) is 0 Å². The molecule has 30 heavy (non-hydrogen) atoms. The Morgan fingerprint density at radius 1 is 1.20 bits per heavy atom. The molecule has 154 valence electrons. The zero-order valence-corrected chi connectivity index (χ0v) is 18.4. The Labute approximate surface area is 182 Å². The Hall–Kier alpha value is -2.72. The van der Waals surface area contributed by atoms with E-state index in [0.717, 1.165) is 26.5 Å². The van der Waals surface area contributed by atoms with Crippen molar-refractivity contribution < 1.29 is 13.2 Å². The van der Waals surface area contributed by atoms with Crippen molar-refractivity contribution in [2.24, 2.45) is 0 Å². The largest absolute Gasteiger partial charge is 0.360 e. The lowest BCUT2D eigenvalue weighted by Gasteiger charge is -2.13. The molecule has 0 aliphatic carbocycles. The summed E-state index contributed by atoms with van der Waals surface area (Å²) in [4.78, 5) is 20.3. The van der Waals surface area contributed by atoms with Gasteiger partial charge in [-0.15, -0.1) is 11.3 Å². The first-order chi connectivity index (χ1) is 14.3. The van der Waals surface area contributed by atoms with E-state index < -0.39 is 15.9 Å². The van der Waals surface area contributed by atoms with Crippen molar-refractivity contribution in [2.75, 3.05) is 19.4 Å². The van der Waals surface area contributed by atoms with E-state index in [1.165, 1.54) is 43.6 Å². The van der Waals surface area contributed by atoms with Gasteiger partial charge in [-0.1, -0.05) is 29.8 Å².